The van der Waals surface area contributed by atoms with Gasteiger partial charge in [-0.2, -0.15) is 0 Å². The Bertz CT molecular complexity index is 382. The van der Waals surface area contributed by atoms with Crippen LogP contribution in [-0.2, 0) is 20.9 Å². The SMILES string of the molecule is COC(=O)/C=C/[C@H](OCc1ccccc1)C(C)C. The number of carbonyl (C=O) groups is 1. The molecule has 0 radical (unpaired) electrons. The van der Waals surface area contributed by atoms with Crippen molar-refractivity contribution in [1.82, 2.24) is 0 Å². The Hall–Kier alpha value is -1.61. The molecule has 1 rings (SSSR count). The lowest BCUT2D eigenvalue weighted by atomic mass is 10.1. The molecule has 0 aliphatic heterocycles. The second kappa shape index (κ2) is 7.67. The van der Waals surface area contributed by atoms with Crippen LogP contribution in [0.5, 0.6) is 0 Å². The van der Waals surface area contributed by atoms with Crippen molar-refractivity contribution in [3.63, 3.8) is 0 Å². The van der Waals surface area contributed by atoms with Gasteiger partial charge in [-0.3, -0.25) is 0 Å². The predicted octanol–water partition coefficient (Wildman–Crippen LogP) is 2.96. The van der Waals surface area contributed by atoms with Gasteiger partial charge in [-0.15, -0.1) is 0 Å². The number of hydrogen-bond donors (Lipinski definition) is 0. The van der Waals surface area contributed by atoms with Crippen LogP contribution in [0.3, 0.4) is 0 Å². The van der Waals surface area contributed by atoms with Crippen LogP contribution in [0.1, 0.15) is 19.4 Å². The minimum Gasteiger partial charge on any atom is -0.466 e. The highest BCUT2D eigenvalue weighted by atomic mass is 16.5. The highest BCUT2D eigenvalue weighted by Crippen LogP contribution is 2.11. The van der Waals surface area contributed by atoms with Crippen LogP contribution in [0.25, 0.3) is 0 Å². The molecule has 0 amide bonds. The molecule has 3 heteroatoms. The zero-order valence-electron chi connectivity index (χ0n) is 11.1. The molecule has 1 aromatic carbocycles. The van der Waals surface area contributed by atoms with E-state index in [1.807, 2.05) is 30.3 Å². The van der Waals surface area contributed by atoms with Crippen LogP contribution < -0.4 is 0 Å². The molecule has 3 nitrogen and oxygen atoms in total. The predicted molar refractivity (Wildman–Crippen MR) is 71.0 cm³/mol. The van der Waals surface area contributed by atoms with Crippen molar-refractivity contribution in [3.05, 3.63) is 48.0 Å². The van der Waals surface area contributed by atoms with E-state index in [1.54, 1.807) is 6.08 Å². The summed E-state index contributed by atoms with van der Waals surface area (Å²) in [6.45, 7) is 4.64. The van der Waals surface area contributed by atoms with Crippen LogP contribution in [0.2, 0.25) is 0 Å². The minimum atomic E-state index is -0.357. The zero-order valence-corrected chi connectivity index (χ0v) is 11.1. The fourth-order valence-electron chi connectivity index (χ4n) is 1.48. The Morgan fingerprint density at radius 3 is 2.50 bits per heavy atom. The third kappa shape index (κ3) is 5.15. The van der Waals surface area contributed by atoms with E-state index < -0.39 is 0 Å². The van der Waals surface area contributed by atoms with Crippen LogP contribution in [-0.4, -0.2) is 19.2 Å². The summed E-state index contributed by atoms with van der Waals surface area (Å²) < 4.78 is 10.4. The van der Waals surface area contributed by atoms with Gasteiger partial charge in [0.15, 0.2) is 0 Å². The van der Waals surface area contributed by atoms with Gasteiger partial charge in [-0.05, 0) is 17.6 Å². The molecular formula is C15H20O3. The summed E-state index contributed by atoms with van der Waals surface area (Å²) in [6.07, 6.45) is 3.07. The van der Waals surface area contributed by atoms with Gasteiger partial charge in [0.1, 0.15) is 0 Å². The topological polar surface area (TPSA) is 35.5 Å². The third-order valence-electron chi connectivity index (χ3n) is 2.57. The Labute approximate surface area is 108 Å². The second-order valence-electron chi connectivity index (χ2n) is 4.39. The smallest absolute Gasteiger partial charge is 0.330 e. The van der Waals surface area contributed by atoms with Crippen molar-refractivity contribution in [2.45, 2.75) is 26.6 Å². The summed E-state index contributed by atoms with van der Waals surface area (Å²) in [5.74, 6) is -0.0569. The summed E-state index contributed by atoms with van der Waals surface area (Å²) in [5, 5.41) is 0. The number of esters is 1. The fourth-order valence-corrected chi connectivity index (χ4v) is 1.48. The van der Waals surface area contributed by atoms with Gasteiger partial charge in [0, 0.05) is 6.08 Å². The first-order valence-corrected chi connectivity index (χ1v) is 6.05. The highest BCUT2D eigenvalue weighted by molar-refractivity contribution is 5.81. The van der Waals surface area contributed by atoms with Crippen molar-refractivity contribution >= 4 is 5.97 Å². The van der Waals surface area contributed by atoms with Gasteiger partial charge in [-0.1, -0.05) is 44.2 Å². The summed E-state index contributed by atoms with van der Waals surface area (Å²) in [7, 11) is 1.36. The Balaban J connectivity index is 2.53. The van der Waals surface area contributed by atoms with E-state index in [4.69, 9.17) is 4.74 Å². The van der Waals surface area contributed by atoms with E-state index >= 15 is 0 Å². The van der Waals surface area contributed by atoms with Gasteiger partial charge in [0.25, 0.3) is 0 Å². The molecule has 98 valence electrons. The summed E-state index contributed by atoms with van der Waals surface area (Å²) in [5.41, 5.74) is 1.12. The molecule has 1 atom stereocenters. The number of hydrogen-bond acceptors (Lipinski definition) is 3. The number of ether oxygens (including phenoxy) is 2. The highest BCUT2D eigenvalue weighted by Gasteiger charge is 2.11. The van der Waals surface area contributed by atoms with Crippen molar-refractivity contribution in [2.75, 3.05) is 7.11 Å². The van der Waals surface area contributed by atoms with Gasteiger partial charge >= 0.3 is 5.97 Å². The molecule has 0 fully saturated rings. The average molecular weight is 248 g/mol. The molecule has 0 N–H and O–H groups in total. The van der Waals surface area contributed by atoms with E-state index in [9.17, 15) is 4.79 Å². The lowest BCUT2D eigenvalue weighted by Gasteiger charge is -2.17. The molecule has 0 spiro atoms. The summed E-state index contributed by atoms with van der Waals surface area (Å²) in [4.78, 5) is 11.0. The fraction of sp³-hybridized carbons (Fsp3) is 0.400. The second-order valence-corrected chi connectivity index (χ2v) is 4.39. The quantitative estimate of drug-likeness (QED) is 0.573. The van der Waals surface area contributed by atoms with Gasteiger partial charge < -0.3 is 9.47 Å². The summed E-state index contributed by atoms with van der Waals surface area (Å²) >= 11 is 0. The van der Waals surface area contributed by atoms with E-state index in [0.29, 0.717) is 12.5 Å². The molecule has 0 bridgehead atoms. The molecule has 0 aliphatic carbocycles. The lowest BCUT2D eigenvalue weighted by molar-refractivity contribution is -0.134. The number of benzene rings is 1. The maximum Gasteiger partial charge on any atom is 0.330 e. The van der Waals surface area contributed by atoms with Crippen LogP contribution >= 0.6 is 0 Å². The number of rotatable bonds is 6. The Kier molecular flexibility index (Phi) is 6.15. The minimum absolute atomic E-state index is 0.0932. The Morgan fingerprint density at radius 2 is 1.94 bits per heavy atom. The molecule has 1 aromatic rings. The Morgan fingerprint density at radius 1 is 1.28 bits per heavy atom. The lowest BCUT2D eigenvalue weighted by Crippen LogP contribution is -2.17. The van der Waals surface area contributed by atoms with Crippen molar-refractivity contribution in [2.24, 2.45) is 5.92 Å². The van der Waals surface area contributed by atoms with Crippen LogP contribution in [0.15, 0.2) is 42.5 Å². The standard InChI is InChI=1S/C15H20O3/c1-12(2)14(9-10-15(16)17-3)18-11-13-7-5-4-6-8-13/h4-10,12,14H,11H2,1-3H3/b10-9+/t14-/m0/s1. The molecule has 0 unspecified atom stereocenters. The van der Waals surface area contributed by atoms with Gasteiger partial charge in [0.2, 0.25) is 0 Å². The monoisotopic (exact) mass is 248 g/mol. The van der Waals surface area contributed by atoms with E-state index in [1.165, 1.54) is 13.2 Å². The van der Waals surface area contributed by atoms with Crippen LogP contribution in [0, 0.1) is 5.92 Å². The molecule has 0 saturated carbocycles. The van der Waals surface area contributed by atoms with Gasteiger partial charge in [-0.25, -0.2) is 4.79 Å². The normalized spacial score (nSPS) is 12.9. The summed E-state index contributed by atoms with van der Waals surface area (Å²) in [6, 6.07) is 9.96. The number of carbonyl (C=O) groups excluding carboxylic acids is 1. The molecule has 0 aromatic heterocycles. The van der Waals surface area contributed by atoms with Crippen LogP contribution in [0.4, 0.5) is 0 Å². The van der Waals surface area contributed by atoms with Crippen molar-refractivity contribution < 1.29 is 14.3 Å². The van der Waals surface area contributed by atoms with Crippen molar-refractivity contribution in [3.8, 4) is 0 Å². The maximum absolute atomic E-state index is 11.0. The maximum atomic E-state index is 11.0. The molecular weight excluding hydrogens is 228 g/mol. The van der Waals surface area contributed by atoms with E-state index in [-0.39, 0.29) is 12.1 Å². The first-order chi connectivity index (χ1) is 8.63. The number of methoxy groups -OCH3 is 1. The first kappa shape index (κ1) is 14.5. The molecule has 0 aliphatic rings. The first-order valence-electron chi connectivity index (χ1n) is 6.05. The third-order valence-corrected chi connectivity index (χ3v) is 2.57. The average Bonchev–Trinajstić information content (AvgIpc) is 2.39. The van der Waals surface area contributed by atoms with E-state index in [2.05, 4.69) is 18.6 Å². The van der Waals surface area contributed by atoms with Crippen molar-refractivity contribution in [1.29, 1.82) is 0 Å². The van der Waals surface area contributed by atoms with E-state index in [0.717, 1.165) is 5.56 Å². The zero-order chi connectivity index (χ0) is 13.4. The largest absolute Gasteiger partial charge is 0.466 e. The van der Waals surface area contributed by atoms with Gasteiger partial charge in [0.05, 0.1) is 19.8 Å². The molecule has 0 heterocycles. The molecule has 18 heavy (non-hydrogen) atoms. The molecule has 0 saturated heterocycles.